The number of aryl methyl sites for hydroxylation is 1. The van der Waals surface area contributed by atoms with Gasteiger partial charge in [0.25, 0.3) is 0 Å². The third-order valence-corrected chi connectivity index (χ3v) is 2.69. The van der Waals surface area contributed by atoms with E-state index in [1.165, 1.54) is 0 Å². The smallest absolute Gasteiger partial charge is 0.335 e. The zero-order valence-corrected chi connectivity index (χ0v) is 10.4. The van der Waals surface area contributed by atoms with Crippen LogP contribution in [-0.4, -0.2) is 13.1 Å². The molecule has 2 aromatic carbocycles. The SMILES string of the molecule is C=CC(=O)Oc1ccc(OC)c2cc(C)ccc12. The largest absolute Gasteiger partial charge is 0.496 e. The van der Waals surface area contributed by atoms with Crippen molar-refractivity contribution in [2.45, 2.75) is 6.92 Å². The highest BCUT2D eigenvalue weighted by atomic mass is 16.5. The molecule has 0 unspecified atom stereocenters. The number of ether oxygens (including phenoxy) is 2. The number of hydrogen-bond acceptors (Lipinski definition) is 3. The summed E-state index contributed by atoms with van der Waals surface area (Å²) in [6, 6.07) is 9.39. The highest BCUT2D eigenvalue weighted by Gasteiger charge is 2.09. The molecule has 0 saturated heterocycles. The summed E-state index contributed by atoms with van der Waals surface area (Å²) < 4.78 is 10.5. The average molecular weight is 242 g/mol. The number of carbonyl (C=O) groups is 1. The van der Waals surface area contributed by atoms with Gasteiger partial charge in [-0.15, -0.1) is 0 Å². The Hall–Kier alpha value is -2.29. The lowest BCUT2D eigenvalue weighted by atomic mass is 10.1. The van der Waals surface area contributed by atoms with E-state index < -0.39 is 5.97 Å². The maximum Gasteiger partial charge on any atom is 0.335 e. The van der Waals surface area contributed by atoms with Gasteiger partial charge in [0.15, 0.2) is 0 Å². The normalized spacial score (nSPS) is 10.1. The lowest BCUT2D eigenvalue weighted by Gasteiger charge is -2.10. The molecule has 0 aromatic heterocycles. The van der Waals surface area contributed by atoms with Crippen molar-refractivity contribution < 1.29 is 14.3 Å². The minimum absolute atomic E-state index is 0.470. The quantitative estimate of drug-likeness (QED) is 0.471. The topological polar surface area (TPSA) is 35.5 Å². The highest BCUT2D eigenvalue weighted by molar-refractivity contribution is 5.96. The second-order valence-electron chi connectivity index (χ2n) is 3.94. The Morgan fingerprint density at radius 1 is 1.17 bits per heavy atom. The molecule has 0 saturated carbocycles. The Morgan fingerprint density at radius 3 is 2.56 bits per heavy atom. The summed E-state index contributed by atoms with van der Waals surface area (Å²) in [5.74, 6) is 0.796. The molecule has 0 radical (unpaired) electrons. The molecule has 0 heterocycles. The van der Waals surface area contributed by atoms with E-state index in [4.69, 9.17) is 9.47 Å². The predicted molar refractivity (Wildman–Crippen MR) is 71.1 cm³/mol. The molecule has 92 valence electrons. The van der Waals surface area contributed by atoms with Crippen LogP contribution in [0.4, 0.5) is 0 Å². The van der Waals surface area contributed by atoms with Crippen LogP contribution in [0.1, 0.15) is 5.56 Å². The van der Waals surface area contributed by atoms with Crippen LogP contribution in [-0.2, 0) is 4.79 Å². The molecule has 0 bridgehead atoms. The van der Waals surface area contributed by atoms with Crippen molar-refractivity contribution in [3.63, 3.8) is 0 Å². The minimum Gasteiger partial charge on any atom is -0.496 e. The summed E-state index contributed by atoms with van der Waals surface area (Å²) in [5, 5.41) is 1.77. The minimum atomic E-state index is -0.470. The first-order valence-electron chi connectivity index (χ1n) is 5.57. The maximum atomic E-state index is 11.3. The predicted octanol–water partition coefficient (Wildman–Crippen LogP) is 3.25. The first-order valence-corrected chi connectivity index (χ1v) is 5.57. The molecule has 0 fully saturated rings. The molecule has 3 heteroatoms. The van der Waals surface area contributed by atoms with Gasteiger partial charge < -0.3 is 9.47 Å². The Bertz CT molecular complexity index is 614. The van der Waals surface area contributed by atoms with E-state index in [0.29, 0.717) is 5.75 Å². The number of rotatable bonds is 3. The molecular weight excluding hydrogens is 228 g/mol. The van der Waals surface area contributed by atoms with E-state index in [-0.39, 0.29) is 0 Å². The molecular formula is C15H14O3. The van der Waals surface area contributed by atoms with Gasteiger partial charge in [-0.1, -0.05) is 24.3 Å². The number of hydrogen-bond donors (Lipinski definition) is 0. The van der Waals surface area contributed by atoms with Crippen LogP contribution in [0.15, 0.2) is 43.0 Å². The number of esters is 1. The molecule has 0 N–H and O–H groups in total. The molecule has 2 aromatic rings. The van der Waals surface area contributed by atoms with Crippen molar-refractivity contribution in [3.05, 3.63) is 48.6 Å². The van der Waals surface area contributed by atoms with Gasteiger partial charge in [0.1, 0.15) is 11.5 Å². The maximum absolute atomic E-state index is 11.3. The fraction of sp³-hybridized carbons (Fsp3) is 0.133. The number of methoxy groups -OCH3 is 1. The van der Waals surface area contributed by atoms with Crippen LogP contribution in [0.5, 0.6) is 11.5 Å². The summed E-state index contributed by atoms with van der Waals surface area (Å²) in [5.41, 5.74) is 1.12. The fourth-order valence-corrected chi connectivity index (χ4v) is 1.82. The fourth-order valence-electron chi connectivity index (χ4n) is 1.82. The summed E-state index contributed by atoms with van der Waals surface area (Å²) >= 11 is 0. The molecule has 2 rings (SSSR count). The van der Waals surface area contributed by atoms with Crippen molar-refractivity contribution in [2.24, 2.45) is 0 Å². The third-order valence-electron chi connectivity index (χ3n) is 2.69. The van der Waals surface area contributed by atoms with Crippen LogP contribution < -0.4 is 9.47 Å². The zero-order chi connectivity index (χ0) is 13.1. The second kappa shape index (κ2) is 4.92. The first kappa shape index (κ1) is 12.2. The van der Waals surface area contributed by atoms with Gasteiger partial charge in [-0.2, -0.15) is 0 Å². The standard InChI is InChI=1S/C15H14O3/c1-4-15(16)18-14-8-7-13(17-3)12-9-10(2)5-6-11(12)14/h4-9H,1H2,2-3H3. The van der Waals surface area contributed by atoms with E-state index in [2.05, 4.69) is 6.58 Å². The Kier molecular flexibility index (Phi) is 3.33. The molecule has 0 amide bonds. The van der Waals surface area contributed by atoms with E-state index in [1.54, 1.807) is 19.2 Å². The Balaban J connectivity index is 2.62. The second-order valence-corrected chi connectivity index (χ2v) is 3.94. The number of carbonyl (C=O) groups excluding carboxylic acids is 1. The lowest BCUT2D eigenvalue weighted by molar-refractivity contribution is -0.128. The van der Waals surface area contributed by atoms with Crippen molar-refractivity contribution >= 4 is 16.7 Å². The van der Waals surface area contributed by atoms with E-state index in [1.807, 2.05) is 25.1 Å². The molecule has 3 nitrogen and oxygen atoms in total. The van der Waals surface area contributed by atoms with Crippen LogP contribution in [0.2, 0.25) is 0 Å². The molecule has 0 spiro atoms. The lowest BCUT2D eigenvalue weighted by Crippen LogP contribution is -2.03. The third kappa shape index (κ3) is 2.20. The van der Waals surface area contributed by atoms with Gasteiger partial charge in [0.05, 0.1) is 7.11 Å². The Labute approximate surface area is 106 Å². The van der Waals surface area contributed by atoms with Crippen molar-refractivity contribution in [2.75, 3.05) is 7.11 Å². The van der Waals surface area contributed by atoms with Crippen molar-refractivity contribution in [1.82, 2.24) is 0 Å². The molecule has 0 atom stereocenters. The van der Waals surface area contributed by atoms with Gasteiger partial charge >= 0.3 is 5.97 Å². The van der Waals surface area contributed by atoms with Crippen LogP contribution in [0, 0.1) is 6.92 Å². The van der Waals surface area contributed by atoms with E-state index in [9.17, 15) is 4.79 Å². The van der Waals surface area contributed by atoms with Gasteiger partial charge in [0, 0.05) is 16.8 Å². The monoisotopic (exact) mass is 242 g/mol. The number of benzene rings is 2. The van der Waals surface area contributed by atoms with Gasteiger partial charge in [-0.25, -0.2) is 4.79 Å². The van der Waals surface area contributed by atoms with Crippen LogP contribution >= 0.6 is 0 Å². The first-order chi connectivity index (χ1) is 8.65. The van der Waals surface area contributed by atoms with Crippen molar-refractivity contribution in [3.8, 4) is 11.5 Å². The van der Waals surface area contributed by atoms with Gasteiger partial charge in [0.2, 0.25) is 0 Å². The summed E-state index contributed by atoms with van der Waals surface area (Å²) in [6.45, 7) is 5.39. The van der Waals surface area contributed by atoms with Gasteiger partial charge in [-0.05, 0) is 25.1 Å². The van der Waals surface area contributed by atoms with Crippen LogP contribution in [0.25, 0.3) is 10.8 Å². The molecule has 0 aliphatic carbocycles. The highest BCUT2D eigenvalue weighted by Crippen LogP contribution is 2.33. The molecule has 18 heavy (non-hydrogen) atoms. The Morgan fingerprint density at radius 2 is 1.89 bits per heavy atom. The van der Waals surface area contributed by atoms with Crippen LogP contribution in [0.3, 0.4) is 0 Å². The molecule has 0 aliphatic rings. The van der Waals surface area contributed by atoms with Gasteiger partial charge in [-0.3, -0.25) is 0 Å². The van der Waals surface area contributed by atoms with Crippen molar-refractivity contribution in [1.29, 1.82) is 0 Å². The summed E-state index contributed by atoms with van der Waals surface area (Å²) in [7, 11) is 1.62. The zero-order valence-electron chi connectivity index (χ0n) is 10.4. The van der Waals surface area contributed by atoms with E-state index in [0.717, 1.165) is 28.2 Å². The summed E-state index contributed by atoms with van der Waals surface area (Å²) in [4.78, 5) is 11.3. The molecule has 0 aliphatic heterocycles. The number of fused-ring (bicyclic) bond motifs is 1. The van der Waals surface area contributed by atoms with E-state index >= 15 is 0 Å². The summed E-state index contributed by atoms with van der Waals surface area (Å²) in [6.07, 6.45) is 1.14. The average Bonchev–Trinajstić information content (AvgIpc) is 2.38.